The van der Waals surface area contributed by atoms with Crippen LogP contribution in [0.3, 0.4) is 0 Å². The molecule has 2 N–H and O–H groups in total. The van der Waals surface area contributed by atoms with E-state index in [1.54, 1.807) is 11.8 Å². The van der Waals surface area contributed by atoms with Crippen LogP contribution in [0.4, 0.5) is 5.69 Å². The quantitative estimate of drug-likeness (QED) is 0.780. The van der Waals surface area contributed by atoms with E-state index in [2.05, 4.69) is 42.5 Å². The van der Waals surface area contributed by atoms with Crippen molar-refractivity contribution >= 4 is 17.4 Å². The maximum absolute atomic E-state index is 5.73. The molecule has 0 radical (unpaired) electrons. The molecular weight excluding hydrogens is 204 g/mol. The van der Waals surface area contributed by atoms with E-state index in [0.717, 1.165) is 13.0 Å². The number of hydrogen-bond acceptors (Lipinski definition) is 3. The van der Waals surface area contributed by atoms with Crippen LogP contribution >= 0.6 is 11.8 Å². The summed E-state index contributed by atoms with van der Waals surface area (Å²) < 4.78 is 0. The smallest absolute Gasteiger partial charge is 0.0364 e. The average Bonchev–Trinajstić information content (AvgIpc) is 2.26. The number of benzene rings is 1. The maximum Gasteiger partial charge on any atom is 0.0364 e. The van der Waals surface area contributed by atoms with Crippen molar-refractivity contribution in [1.29, 1.82) is 0 Å². The van der Waals surface area contributed by atoms with Crippen LogP contribution in [0.25, 0.3) is 0 Å². The molecule has 0 amide bonds. The van der Waals surface area contributed by atoms with Crippen molar-refractivity contribution in [3.05, 3.63) is 24.3 Å². The molecule has 3 heteroatoms. The van der Waals surface area contributed by atoms with Crippen molar-refractivity contribution in [2.75, 3.05) is 24.7 Å². The van der Waals surface area contributed by atoms with E-state index in [9.17, 15) is 0 Å². The molecule has 0 fully saturated rings. The molecule has 1 unspecified atom stereocenters. The first kappa shape index (κ1) is 12.4. The zero-order valence-electron chi connectivity index (χ0n) is 9.73. The summed E-state index contributed by atoms with van der Waals surface area (Å²) in [7, 11) is 2.11. The highest BCUT2D eigenvalue weighted by Crippen LogP contribution is 2.19. The third-order valence-electron chi connectivity index (χ3n) is 2.43. The fourth-order valence-corrected chi connectivity index (χ4v) is 1.77. The van der Waals surface area contributed by atoms with Crippen LogP contribution in [0.2, 0.25) is 0 Å². The fourth-order valence-electron chi connectivity index (χ4n) is 1.36. The Morgan fingerprint density at radius 1 is 1.33 bits per heavy atom. The lowest BCUT2D eigenvalue weighted by molar-refractivity contribution is 0.659. The molecule has 0 aliphatic rings. The summed E-state index contributed by atoms with van der Waals surface area (Å²) in [6.45, 7) is 3.06. The molecule has 0 saturated heterocycles. The monoisotopic (exact) mass is 224 g/mol. The van der Waals surface area contributed by atoms with Crippen molar-refractivity contribution in [1.82, 2.24) is 0 Å². The van der Waals surface area contributed by atoms with Crippen LogP contribution in [0.5, 0.6) is 0 Å². The SMILES string of the molecule is CSc1ccc(N(C)CCC(C)N)cc1. The van der Waals surface area contributed by atoms with Gasteiger partial charge in [-0.05, 0) is 43.9 Å². The Bertz CT molecular complexity index is 282. The Balaban J connectivity index is 2.54. The van der Waals surface area contributed by atoms with Gasteiger partial charge in [0.2, 0.25) is 0 Å². The minimum atomic E-state index is 0.276. The van der Waals surface area contributed by atoms with Crippen LogP contribution < -0.4 is 10.6 Å². The highest BCUT2D eigenvalue weighted by molar-refractivity contribution is 7.98. The largest absolute Gasteiger partial charge is 0.375 e. The van der Waals surface area contributed by atoms with Gasteiger partial charge >= 0.3 is 0 Å². The number of rotatable bonds is 5. The molecule has 0 heterocycles. The summed E-state index contributed by atoms with van der Waals surface area (Å²) >= 11 is 1.77. The summed E-state index contributed by atoms with van der Waals surface area (Å²) in [6.07, 6.45) is 3.12. The van der Waals surface area contributed by atoms with Crippen molar-refractivity contribution in [2.24, 2.45) is 5.73 Å². The first-order chi connectivity index (χ1) is 7.13. The van der Waals surface area contributed by atoms with Gasteiger partial charge in [-0.3, -0.25) is 0 Å². The molecule has 2 nitrogen and oxygen atoms in total. The highest BCUT2D eigenvalue weighted by atomic mass is 32.2. The molecule has 84 valence electrons. The van der Waals surface area contributed by atoms with E-state index in [1.807, 2.05) is 6.92 Å². The Kier molecular flexibility index (Phi) is 4.99. The molecule has 0 aromatic heterocycles. The van der Waals surface area contributed by atoms with Gasteiger partial charge in [0.1, 0.15) is 0 Å². The Labute approximate surface area is 96.8 Å². The van der Waals surface area contributed by atoms with Gasteiger partial charge in [-0.2, -0.15) is 0 Å². The maximum atomic E-state index is 5.73. The predicted molar refractivity (Wildman–Crippen MR) is 69.8 cm³/mol. The van der Waals surface area contributed by atoms with Crippen molar-refractivity contribution in [3.63, 3.8) is 0 Å². The van der Waals surface area contributed by atoms with Crippen molar-refractivity contribution in [2.45, 2.75) is 24.3 Å². The molecule has 0 aliphatic heterocycles. The minimum absolute atomic E-state index is 0.276. The highest BCUT2D eigenvalue weighted by Gasteiger charge is 2.02. The molecule has 1 rings (SSSR count). The number of thioether (sulfide) groups is 1. The van der Waals surface area contributed by atoms with Crippen LogP contribution in [-0.4, -0.2) is 25.9 Å². The first-order valence-corrected chi connectivity index (χ1v) is 6.46. The lowest BCUT2D eigenvalue weighted by Crippen LogP contribution is -2.25. The normalized spacial score (nSPS) is 12.5. The third kappa shape index (κ3) is 4.14. The zero-order chi connectivity index (χ0) is 11.3. The lowest BCUT2D eigenvalue weighted by atomic mass is 10.2. The number of hydrogen-bond donors (Lipinski definition) is 1. The molecule has 0 aliphatic carbocycles. The van der Waals surface area contributed by atoms with Crippen LogP contribution in [-0.2, 0) is 0 Å². The van der Waals surface area contributed by atoms with Gasteiger partial charge in [0, 0.05) is 30.2 Å². The van der Waals surface area contributed by atoms with E-state index in [0.29, 0.717) is 0 Å². The summed E-state index contributed by atoms with van der Waals surface area (Å²) in [6, 6.07) is 8.91. The second-order valence-corrected chi connectivity index (χ2v) is 4.77. The Morgan fingerprint density at radius 3 is 2.40 bits per heavy atom. The van der Waals surface area contributed by atoms with Crippen molar-refractivity contribution in [3.8, 4) is 0 Å². The third-order valence-corrected chi connectivity index (χ3v) is 3.18. The summed E-state index contributed by atoms with van der Waals surface area (Å²) in [4.78, 5) is 3.55. The van der Waals surface area contributed by atoms with Gasteiger partial charge in [0.25, 0.3) is 0 Å². The molecular formula is C12H20N2S. The molecule has 1 aromatic carbocycles. The van der Waals surface area contributed by atoms with E-state index >= 15 is 0 Å². The fraction of sp³-hybridized carbons (Fsp3) is 0.500. The molecule has 15 heavy (non-hydrogen) atoms. The standard InChI is InChI=1S/C12H20N2S/c1-10(13)8-9-14(2)11-4-6-12(15-3)7-5-11/h4-7,10H,8-9,13H2,1-3H3. The number of nitrogens with zero attached hydrogens (tertiary/aromatic N) is 1. The van der Waals surface area contributed by atoms with E-state index in [-0.39, 0.29) is 6.04 Å². The number of nitrogens with two attached hydrogens (primary N) is 1. The molecule has 1 aromatic rings. The second-order valence-electron chi connectivity index (χ2n) is 3.89. The second kappa shape index (κ2) is 6.03. The predicted octanol–water partition coefficient (Wildman–Crippen LogP) is 2.58. The zero-order valence-corrected chi connectivity index (χ0v) is 10.6. The summed E-state index contributed by atoms with van der Waals surface area (Å²) in [5, 5.41) is 0. The Hall–Kier alpha value is -0.670. The molecule has 0 bridgehead atoms. The van der Waals surface area contributed by atoms with Gasteiger partial charge in [-0.25, -0.2) is 0 Å². The van der Waals surface area contributed by atoms with Gasteiger partial charge < -0.3 is 10.6 Å². The van der Waals surface area contributed by atoms with Crippen molar-refractivity contribution < 1.29 is 0 Å². The molecule has 1 atom stereocenters. The van der Waals surface area contributed by atoms with Gasteiger partial charge in [0.15, 0.2) is 0 Å². The minimum Gasteiger partial charge on any atom is -0.375 e. The van der Waals surface area contributed by atoms with E-state index in [4.69, 9.17) is 5.73 Å². The van der Waals surface area contributed by atoms with E-state index < -0.39 is 0 Å². The lowest BCUT2D eigenvalue weighted by Gasteiger charge is -2.20. The molecule has 0 spiro atoms. The summed E-state index contributed by atoms with van der Waals surface area (Å²) in [5.41, 5.74) is 6.99. The van der Waals surface area contributed by atoms with E-state index in [1.165, 1.54) is 10.6 Å². The van der Waals surface area contributed by atoms with Gasteiger partial charge in [0.05, 0.1) is 0 Å². The van der Waals surface area contributed by atoms with Crippen LogP contribution in [0, 0.1) is 0 Å². The first-order valence-electron chi connectivity index (χ1n) is 5.24. The average molecular weight is 224 g/mol. The van der Waals surface area contributed by atoms with Gasteiger partial charge in [-0.1, -0.05) is 0 Å². The topological polar surface area (TPSA) is 29.3 Å². The molecule has 0 saturated carbocycles. The van der Waals surface area contributed by atoms with Crippen LogP contribution in [0.15, 0.2) is 29.2 Å². The summed E-state index contributed by atoms with van der Waals surface area (Å²) in [5.74, 6) is 0. The van der Waals surface area contributed by atoms with Gasteiger partial charge in [-0.15, -0.1) is 11.8 Å². The number of anilines is 1. The Morgan fingerprint density at radius 2 is 1.93 bits per heavy atom. The van der Waals surface area contributed by atoms with Crippen LogP contribution in [0.1, 0.15) is 13.3 Å².